The molecule has 0 saturated heterocycles. The molecule has 4 aliphatic rings. The lowest BCUT2D eigenvalue weighted by molar-refractivity contribution is -0.144. The molecule has 202 valence electrons. The minimum absolute atomic E-state index is 0.0930. The van der Waals surface area contributed by atoms with E-state index in [9.17, 15) is 29.1 Å². The van der Waals surface area contributed by atoms with Crippen molar-refractivity contribution in [3.8, 4) is 0 Å². The van der Waals surface area contributed by atoms with Crippen molar-refractivity contribution < 1.29 is 34.2 Å². The van der Waals surface area contributed by atoms with Crippen LogP contribution in [-0.4, -0.2) is 45.4 Å². The van der Waals surface area contributed by atoms with Gasteiger partial charge >= 0.3 is 5.97 Å². The number of Topliss-reactive ketones (excluding diaryl/α,β-unsaturated/α-hetero) is 3. The van der Waals surface area contributed by atoms with Gasteiger partial charge in [0.1, 0.15) is 5.78 Å². The molecule has 2 saturated carbocycles. The number of carboxylic acids is 1. The number of ketones is 4. The Bertz CT molecular complexity index is 1170. The summed E-state index contributed by atoms with van der Waals surface area (Å²) in [6.07, 6.45) is 2.24. The van der Waals surface area contributed by atoms with E-state index in [-0.39, 0.29) is 54.7 Å². The average molecular weight is 513 g/mol. The van der Waals surface area contributed by atoms with Crippen LogP contribution in [0.5, 0.6) is 0 Å². The monoisotopic (exact) mass is 512 g/mol. The molecule has 0 bridgehead atoms. The Kier molecular flexibility index (Phi) is 6.38. The van der Waals surface area contributed by atoms with E-state index in [4.69, 9.17) is 5.11 Å². The second-order valence-corrected chi connectivity index (χ2v) is 13.3. The maximum atomic E-state index is 14.0. The lowest BCUT2D eigenvalue weighted by Crippen LogP contribution is -2.59. The average Bonchev–Trinajstić information content (AvgIpc) is 2.99. The molecule has 0 amide bonds. The van der Waals surface area contributed by atoms with Gasteiger partial charge in [0.05, 0.1) is 17.4 Å². The van der Waals surface area contributed by atoms with E-state index >= 15 is 0 Å². The Labute approximate surface area is 218 Å². The summed E-state index contributed by atoms with van der Waals surface area (Å²) < 4.78 is 0. The minimum Gasteiger partial charge on any atom is -0.481 e. The minimum atomic E-state index is -1.15. The third-order valence-corrected chi connectivity index (χ3v) is 11.0. The Hall–Kier alpha value is -2.41. The van der Waals surface area contributed by atoms with Gasteiger partial charge in [-0.3, -0.25) is 24.0 Å². The molecule has 0 heterocycles. The summed E-state index contributed by atoms with van der Waals surface area (Å²) in [6, 6.07) is 0. The molecule has 0 spiro atoms. The number of aliphatic hydroxyl groups excluding tert-OH is 1. The smallest absolute Gasteiger partial charge is 0.306 e. The highest BCUT2D eigenvalue weighted by atomic mass is 16.4. The van der Waals surface area contributed by atoms with Gasteiger partial charge in [0, 0.05) is 42.2 Å². The van der Waals surface area contributed by atoms with Crippen LogP contribution >= 0.6 is 0 Å². The van der Waals surface area contributed by atoms with Gasteiger partial charge in [-0.15, -0.1) is 0 Å². The van der Waals surface area contributed by atoms with Crippen LogP contribution in [0.4, 0.5) is 0 Å². The molecule has 7 nitrogen and oxygen atoms in total. The van der Waals surface area contributed by atoms with Crippen LogP contribution in [0.15, 0.2) is 22.8 Å². The number of carbonyl (C=O) groups is 5. The van der Waals surface area contributed by atoms with Gasteiger partial charge in [-0.25, -0.2) is 0 Å². The molecule has 7 atom stereocenters. The summed E-state index contributed by atoms with van der Waals surface area (Å²) in [4.78, 5) is 65.5. The standard InChI is InChI=1S/C30H40O7/c1-15(10-17(31)11-16(2)26(36)37)18-12-23(35)30(7)25-19(32)13-21-27(3,4)22(34)8-9-28(21,5)24(25)20(33)14-29(18,30)6/h10,16,18,21-22,34H,8-9,11-14H2,1-7H3,(H,36,37)/b15-10-/t16-,18+,21-,22-,28-,29+,30-/m0/s1. The van der Waals surface area contributed by atoms with Crippen LogP contribution in [0.1, 0.15) is 87.0 Å². The van der Waals surface area contributed by atoms with Gasteiger partial charge in [0.25, 0.3) is 0 Å². The first kappa shape index (κ1) is 27.6. The number of hydrogen-bond acceptors (Lipinski definition) is 6. The van der Waals surface area contributed by atoms with Gasteiger partial charge in [0.15, 0.2) is 17.3 Å². The first-order valence-electron chi connectivity index (χ1n) is 13.4. The summed E-state index contributed by atoms with van der Waals surface area (Å²) in [5.74, 6) is -3.18. The largest absolute Gasteiger partial charge is 0.481 e. The van der Waals surface area contributed by atoms with Gasteiger partial charge in [-0.1, -0.05) is 40.2 Å². The molecule has 4 rings (SSSR count). The van der Waals surface area contributed by atoms with Crippen LogP contribution in [0.3, 0.4) is 0 Å². The molecule has 2 N–H and O–H groups in total. The quantitative estimate of drug-likeness (QED) is 0.527. The summed E-state index contributed by atoms with van der Waals surface area (Å²) >= 11 is 0. The molecule has 0 aromatic heterocycles. The fourth-order valence-corrected chi connectivity index (χ4v) is 8.42. The van der Waals surface area contributed by atoms with E-state index in [1.54, 1.807) is 6.92 Å². The number of carbonyl (C=O) groups excluding carboxylic acids is 4. The molecular formula is C30H40O7. The van der Waals surface area contributed by atoms with E-state index in [1.165, 1.54) is 13.0 Å². The second kappa shape index (κ2) is 8.55. The molecule has 0 radical (unpaired) electrons. The summed E-state index contributed by atoms with van der Waals surface area (Å²) in [5, 5.41) is 19.9. The normalized spacial score (nSPS) is 40.2. The first-order valence-corrected chi connectivity index (χ1v) is 13.4. The molecule has 0 aromatic rings. The molecular weight excluding hydrogens is 472 g/mol. The number of carboxylic acid groups (broad SMARTS) is 1. The second-order valence-electron chi connectivity index (χ2n) is 13.3. The van der Waals surface area contributed by atoms with Crippen LogP contribution < -0.4 is 0 Å². The van der Waals surface area contributed by atoms with Crippen LogP contribution in [0.25, 0.3) is 0 Å². The SMILES string of the molecule is C/C(=C/C(=O)C[C@H](C)C(=O)O)[C@H]1CC(=O)[C@@]2(C)C3=C(C(=O)C[C@]12C)[C@@]1(C)CC[C@H](O)C(C)(C)[C@@H]1CC3=O. The predicted octanol–water partition coefficient (Wildman–Crippen LogP) is 4.26. The number of hydrogen-bond donors (Lipinski definition) is 2. The predicted molar refractivity (Wildman–Crippen MR) is 136 cm³/mol. The molecule has 7 heteroatoms. The third-order valence-electron chi connectivity index (χ3n) is 11.0. The summed E-state index contributed by atoms with van der Waals surface area (Å²) in [5.41, 5.74) is -1.66. The maximum absolute atomic E-state index is 14.0. The fourth-order valence-electron chi connectivity index (χ4n) is 8.42. The summed E-state index contributed by atoms with van der Waals surface area (Å²) in [7, 11) is 0. The van der Waals surface area contributed by atoms with E-state index in [0.717, 1.165) is 0 Å². The number of fused-ring (bicyclic) bond motifs is 4. The van der Waals surface area contributed by atoms with Crippen LogP contribution in [0.2, 0.25) is 0 Å². The number of allylic oxidation sites excluding steroid dienone is 4. The summed E-state index contributed by atoms with van der Waals surface area (Å²) in [6.45, 7) is 12.9. The number of aliphatic hydroxyl groups is 1. The van der Waals surface area contributed by atoms with Crippen LogP contribution in [0, 0.1) is 39.4 Å². The molecule has 2 fully saturated rings. The Morgan fingerprint density at radius 1 is 1.03 bits per heavy atom. The van der Waals surface area contributed by atoms with Crippen molar-refractivity contribution in [3.63, 3.8) is 0 Å². The highest BCUT2D eigenvalue weighted by Gasteiger charge is 2.70. The van der Waals surface area contributed by atoms with Gasteiger partial charge in [-0.2, -0.15) is 0 Å². The van der Waals surface area contributed by atoms with E-state index in [0.29, 0.717) is 29.6 Å². The highest BCUT2D eigenvalue weighted by Crippen LogP contribution is 2.69. The van der Waals surface area contributed by atoms with Crippen molar-refractivity contribution in [2.75, 3.05) is 0 Å². The van der Waals surface area contributed by atoms with Crippen molar-refractivity contribution in [1.82, 2.24) is 0 Å². The van der Waals surface area contributed by atoms with Crippen molar-refractivity contribution >= 4 is 29.1 Å². The van der Waals surface area contributed by atoms with Crippen LogP contribution in [-0.2, 0) is 24.0 Å². The highest BCUT2D eigenvalue weighted by molar-refractivity contribution is 6.16. The van der Waals surface area contributed by atoms with Gasteiger partial charge in [0.2, 0.25) is 0 Å². The Balaban J connectivity index is 1.81. The number of rotatable bonds is 5. The lowest BCUT2D eigenvalue weighted by atomic mass is 9.43. The third kappa shape index (κ3) is 3.67. The van der Waals surface area contributed by atoms with E-state index in [2.05, 4.69) is 0 Å². The molecule has 0 unspecified atom stereocenters. The van der Waals surface area contributed by atoms with Crippen molar-refractivity contribution in [1.29, 1.82) is 0 Å². The zero-order valence-electron chi connectivity index (χ0n) is 23.1. The Morgan fingerprint density at radius 2 is 1.65 bits per heavy atom. The lowest BCUT2D eigenvalue weighted by Gasteiger charge is -2.59. The zero-order chi connectivity index (χ0) is 27.9. The first-order chi connectivity index (χ1) is 16.9. The van der Waals surface area contributed by atoms with Gasteiger partial charge in [-0.05, 0) is 55.4 Å². The zero-order valence-corrected chi connectivity index (χ0v) is 23.1. The Morgan fingerprint density at radius 3 is 2.24 bits per heavy atom. The van der Waals surface area contributed by atoms with Gasteiger partial charge < -0.3 is 10.2 Å². The number of aliphatic carboxylic acids is 1. The molecule has 4 aliphatic carbocycles. The van der Waals surface area contributed by atoms with Crippen molar-refractivity contribution in [2.45, 2.75) is 93.1 Å². The topological polar surface area (TPSA) is 126 Å². The van der Waals surface area contributed by atoms with Crippen molar-refractivity contribution in [2.24, 2.45) is 39.4 Å². The molecule has 0 aromatic carbocycles. The molecule has 0 aliphatic heterocycles. The fraction of sp³-hybridized carbons (Fsp3) is 0.700. The maximum Gasteiger partial charge on any atom is 0.306 e. The van der Waals surface area contributed by atoms with Crippen molar-refractivity contribution in [3.05, 3.63) is 22.8 Å². The van der Waals surface area contributed by atoms with E-state index < -0.39 is 45.6 Å². The molecule has 37 heavy (non-hydrogen) atoms. The van der Waals surface area contributed by atoms with E-state index in [1.807, 2.05) is 34.6 Å².